The first-order valence-electron chi connectivity index (χ1n) is 7.81. The fraction of sp³-hybridized carbons (Fsp3) is 0.600. The lowest BCUT2D eigenvalue weighted by molar-refractivity contribution is -0.123. The van der Waals surface area contributed by atoms with Gasteiger partial charge in [0, 0.05) is 44.8 Å². The van der Waals surface area contributed by atoms with E-state index in [1.54, 1.807) is 20.0 Å². The van der Waals surface area contributed by atoms with E-state index in [-0.39, 0.29) is 24.1 Å². The molecule has 1 aliphatic rings. The van der Waals surface area contributed by atoms with E-state index in [1.165, 1.54) is 4.31 Å². The molecule has 0 spiro atoms. The molecule has 128 valence electrons. The van der Waals surface area contributed by atoms with Crippen molar-refractivity contribution >= 4 is 21.7 Å². The number of aromatic nitrogens is 1. The van der Waals surface area contributed by atoms with Gasteiger partial charge in [-0.2, -0.15) is 4.31 Å². The summed E-state index contributed by atoms with van der Waals surface area (Å²) in [5.74, 6) is 0.545. The van der Waals surface area contributed by atoms with Crippen LogP contribution in [0.4, 0.5) is 5.82 Å². The third-order valence-corrected chi connectivity index (χ3v) is 5.66. The van der Waals surface area contributed by atoms with Crippen molar-refractivity contribution in [2.45, 2.75) is 13.8 Å². The molecular formula is C15H24N4O3S. The Bertz CT molecular complexity index is 611. The summed E-state index contributed by atoms with van der Waals surface area (Å²) in [7, 11) is -3.34. The molecule has 0 aliphatic carbocycles. The van der Waals surface area contributed by atoms with Crippen LogP contribution in [0.25, 0.3) is 0 Å². The second-order valence-corrected chi connectivity index (χ2v) is 7.92. The van der Waals surface area contributed by atoms with Crippen LogP contribution in [0.2, 0.25) is 0 Å². The van der Waals surface area contributed by atoms with Crippen molar-refractivity contribution in [1.82, 2.24) is 14.6 Å². The van der Waals surface area contributed by atoms with Gasteiger partial charge in [0.15, 0.2) is 0 Å². The smallest absolute Gasteiger partial charge is 0.222 e. The SMILES string of the molecule is CC(C)C(=O)NCCS(=O)(=O)N1CCN(c2ccccn2)CC1. The number of anilines is 1. The predicted octanol–water partition coefficient (Wildman–Crippen LogP) is 0.306. The summed E-state index contributed by atoms with van der Waals surface area (Å²) in [5, 5.41) is 2.65. The molecule has 1 fully saturated rings. The van der Waals surface area contributed by atoms with Crippen LogP contribution in [0.1, 0.15) is 13.8 Å². The quantitative estimate of drug-likeness (QED) is 0.806. The van der Waals surface area contributed by atoms with Gasteiger partial charge in [-0.1, -0.05) is 19.9 Å². The molecule has 1 aromatic rings. The molecule has 2 heterocycles. The molecule has 1 aliphatic heterocycles. The Kier molecular flexibility index (Phi) is 5.95. The second-order valence-electron chi connectivity index (χ2n) is 5.84. The van der Waals surface area contributed by atoms with E-state index in [2.05, 4.69) is 15.2 Å². The van der Waals surface area contributed by atoms with Crippen LogP contribution < -0.4 is 10.2 Å². The van der Waals surface area contributed by atoms with Crippen LogP contribution in [-0.4, -0.2) is 62.1 Å². The fourth-order valence-electron chi connectivity index (χ4n) is 2.37. The van der Waals surface area contributed by atoms with Crippen molar-refractivity contribution in [3.05, 3.63) is 24.4 Å². The van der Waals surface area contributed by atoms with E-state index < -0.39 is 10.0 Å². The highest BCUT2D eigenvalue weighted by Gasteiger charge is 2.27. The monoisotopic (exact) mass is 340 g/mol. The standard InChI is InChI=1S/C15H24N4O3S/c1-13(2)15(20)17-7-12-23(21,22)19-10-8-18(9-11-19)14-5-3-4-6-16-14/h3-6,13H,7-12H2,1-2H3,(H,17,20). The van der Waals surface area contributed by atoms with Gasteiger partial charge in [0.05, 0.1) is 5.75 Å². The Hall–Kier alpha value is -1.67. The molecule has 7 nitrogen and oxygen atoms in total. The number of sulfonamides is 1. The summed E-state index contributed by atoms with van der Waals surface area (Å²) in [6.45, 7) is 5.83. The molecule has 0 aromatic carbocycles. The van der Waals surface area contributed by atoms with Gasteiger partial charge >= 0.3 is 0 Å². The van der Waals surface area contributed by atoms with Crippen molar-refractivity contribution in [2.24, 2.45) is 5.92 Å². The molecule has 1 saturated heterocycles. The van der Waals surface area contributed by atoms with Gasteiger partial charge in [0.2, 0.25) is 15.9 Å². The average molecular weight is 340 g/mol. The number of piperazine rings is 1. The Morgan fingerprint density at radius 3 is 2.52 bits per heavy atom. The molecule has 2 rings (SSSR count). The van der Waals surface area contributed by atoms with Crippen LogP contribution in [0.15, 0.2) is 24.4 Å². The van der Waals surface area contributed by atoms with Gasteiger partial charge in [0.1, 0.15) is 5.82 Å². The molecule has 1 amide bonds. The Labute approximate surface area is 137 Å². The molecule has 1 aromatic heterocycles. The Morgan fingerprint density at radius 1 is 1.26 bits per heavy atom. The fourth-order valence-corrected chi connectivity index (χ4v) is 3.71. The predicted molar refractivity (Wildman–Crippen MR) is 89.7 cm³/mol. The van der Waals surface area contributed by atoms with Crippen LogP contribution in [0.3, 0.4) is 0 Å². The highest BCUT2D eigenvalue weighted by Crippen LogP contribution is 2.14. The average Bonchev–Trinajstić information content (AvgIpc) is 2.55. The summed E-state index contributed by atoms with van der Waals surface area (Å²) >= 11 is 0. The number of carbonyl (C=O) groups is 1. The summed E-state index contributed by atoms with van der Waals surface area (Å²) in [5.41, 5.74) is 0. The third-order valence-electron chi connectivity index (χ3n) is 3.79. The van der Waals surface area contributed by atoms with Crippen LogP contribution in [0, 0.1) is 5.92 Å². The molecule has 0 atom stereocenters. The van der Waals surface area contributed by atoms with Gasteiger partial charge < -0.3 is 10.2 Å². The number of nitrogens with one attached hydrogen (secondary N) is 1. The van der Waals surface area contributed by atoms with E-state index in [0.717, 1.165) is 5.82 Å². The van der Waals surface area contributed by atoms with E-state index >= 15 is 0 Å². The number of pyridine rings is 1. The summed E-state index contributed by atoms with van der Waals surface area (Å²) in [6, 6.07) is 5.70. The van der Waals surface area contributed by atoms with E-state index in [1.807, 2.05) is 18.2 Å². The zero-order chi connectivity index (χ0) is 16.9. The minimum atomic E-state index is -3.34. The number of carbonyl (C=O) groups excluding carboxylic acids is 1. The summed E-state index contributed by atoms with van der Waals surface area (Å²) in [6.07, 6.45) is 1.73. The molecular weight excluding hydrogens is 316 g/mol. The zero-order valence-electron chi connectivity index (χ0n) is 13.6. The maximum atomic E-state index is 12.3. The van der Waals surface area contributed by atoms with Crippen molar-refractivity contribution in [3.63, 3.8) is 0 Å². The van der Waals surface area contributed by atoms with Crippen molar-refractivity contribution in [1.29, 1.82) is 0 Å². The molecule has 8 heteroatoms. The van der Waals surface area contributed by atoms with Crippen molar-refractivity contribution in [3.8, 4) is 0 Å². The van der Waals surface area contributed by atoms with Crippen LogP contribution in [-0.2, 0) is 14.8 Å². The van der Waals surface area contributed by atoms with Gasteiger partial charge in [-0.15, -0.1) is 0 Å². The van der Waals surface area contributed by atoms with Crippen molar-refractivity contribution in [2.75, 3.05) is 43.4 Å². The highest BCUT2D eigenvalue weighted by molar-refractivity contribution is 7.89. The maximum absolute atomic E-state index is 12.3. The Balaban J connectivity index is 1.82. The van der Waals surface area contributed by atoms with Crippen molar-refractivity contribution < 1.29 is 13.2 Å². The number of nitrogens with zero attached hydrogens (tertiary/aromatic N) is 3. The first kappa shape index (κ1) is 17.7. The number of hydrogen-bond donors (Lipinski definition) is 1. The van der Waals surface area contributed by atoms with Gasteiger partial charge in [0.25, 0.3) is 0 Å². The molecule has 0 saturated carbocycles. The zero-order valence-corrected chi connectivity index (χ0v) is 14.4. The van der Waals surface area contributed by atoms with Crippen LogP contribution in [0.5, 0.6) is 0 Å². The minimum absolute atomic E-state index is 0.0605. The highest BCUT2D eigenvalue weighted by atomic mass is 32.2. The van der Waals surface area contributed by atoms with Crippen LogP contribution >= 0.6 is 0 Å². The molecule has 0 radical (unpaired) electrons. The normalized spacial score (nSPS) is 16.6. The Morgan fingerprint density at radius 2 is 1.96 bits per heavy atom. The molecule has 1 N–H and O–H groups in total. The van der Waals surface area contributed by atoms with E-state index in [9.17, 15) is 13.2 Å². The van der Waals surface area contributed by atoms with E-state index in [4.69, 9.17) is 0 Å². The largest absolute Gasteiger partial charge is 0.355 e. The topological polar surface area (TPSA) is 82.6 Å². The lowest BCUT2D eigenvalue weighted by atomic mass is 10.2. The first-order valence-corrected chi connectivity index (χ1v) is 9.42. The summed E-state index contributed by atoms with van der Waals surface area (Å²) < 4.78 is 26.1. The van der Waals surface area contributed by atoms with Gasteiger partial charge in [-0.25, -0.2) is 13.4 Å². The van der Waals surface area contributed by atoms with E-state index in [0.29, 0.717) is 26.2 Å². The number of rotatable bonds is 6. The summed E-state index contributed by atoms with van der Waals surface area (Å²) in [4.78, 5) is 17.8. The first-order chi connectivity index (χ1) is 10.9. The van der Waals surface area contributed by atoms with Gasteiger partial charge in [-0.05, 0) is 12.1 Å². The third kappa shape index (κ3) is 4.90. The number of hydrogen-bond acceptors (Lipinski definition) is 5. The minimum Gasteiger partial charge on any atom is -0.355 e. The second kappa shape index (κ2) is 7.74. The lowest BCUT2D eigenvalue weighted by Gasteiger charge is -2.34. The molecule has 23 heavy (non-hydrogen) atoms. The molecule has 0 bridgehead atoms. The maximum Gasteiger partial charge on any atom is 0.222 e. The number of amides is 1. The lowest BCUT2D eigenvalue weighted by Crippen LogP contribution is -2.50. The van der Waals surface area contributed by atoms with Gasteiger partial charge in [-0.3, -0.25) is 4.79 Å². The molecule has 0 unspecified atom stereocenters.